The smallest absolute Gasteiger partial charge is 0.00134 e. The molecule has 0 radical (unpaired) electrons. The highest BCUT2D eigenvalue weighted by Crippen LogP contribution is 2.47. The van der Waals surface area contributed by atoms with Crippen LogP contribution < -0.4 is 5.32 Å². The van der Waals surface area contributed by atoms with Gasteiger partial charge in [0.2, 0.25) is 0 Å². The lowest BCUT2D eigenvalue weighted by Gasteiger charge is -2.32. The molecule has 0 spiro atoms. The Labute approximate surface area is 118 Å². The first kappa shape index (κ1) is 14.6. The normalized spacial score (nSPS) is 18.6. The zero-order valence-corrected chi connectivity index (χ0v) is 13.2. The van der Waals surface area contributed by atoms with Crippen molar-refractivity contribution in [2.24, 2.45) is 11.3 Å². The monoisotopic (exact) mass is 259 g/mol. The Bertz CT molecular complexity index is 411. The molecule has 1 unspecified atom stereocenters. The molecule has 0 saturated heterocycles. The summed E-state index contributed by atoms with van der Waals surface area (Å²) in [6, 6.07) is 7.27. The summed E-state index contributed by atoms with van der Waals surface area (Å²) in [5.74, 6) is 0.915. The lowest BCUT2D eigenvalue weighted by atomic mass is 9.77. The van der Waals surface area contributed by atoms with E-state index in [0.717, 1.165) is 12.5 Å². The van der Waals surface area contributed by atoms with Crippen LogP contribution in [0.5, 0.6) is 0 Å². The van der Waals surface area contributed by atoms with E-state index in [9.17, 15) is 0 Å². The minimum absolute atomic E-state index is 0.418. The molecule has 1 aromatic rings. The maximum Gasteiger partial charge on any atom is 0.00134 e. The summed E-state index contributed by atoms with van der Waals surface area (Å²) < 4.78 is 0. The summed E-state index contributed by atoms with van der Waals surface area (Å²) >= 11 is 0. The van der Waals surface area contributed by atoms with Gasteiger partial charge in [-0.15, -0.1) is 0 Å². The van der Waals surface area contributed by atoms with Gasteiger partial charge in [0.15, 0.2) is 0 Å². The third kappa shape index (κ3) is 3.60. The minimum Gasteiger partial charge on any atom is -0.314 e. The van der Waals surface area contributed by atoms with Crippen molar-refractivity contribution in [3.8, 4) is 0 Å². The van der Waals surface area contributed by atoms with Gasteiger partial charge in [0.1, 0.15) is 0 Å². The van der Waals surface area contributed by atoms with Crippen molar-refractivity contribution in [1.29, 1.82) is 0 Å². The molecule has 0 heterocycles. The maximum absolute atomic E-state index is 3.67. The summed E-state index contributed by atoms with van der Waals surface area (Å²) in [4.78, 5) is 0. The fraction of sp³-hybridized carbons (Fsp3) is 0.667. The van der Waals surface area contributed by atoms with Gasteiger partial charge < -0.3 is 5.32 Å². The number of hydrogen-bond donors (Lipinski definition) is 1. The van der Waals surface area contributed by atoms with Crippen LogP contribution in [0.25, 0.3) is 0 Å². The second kappa shape index (κ2) is 5.66. The van der Waals surface area contributed by atoms with Gasteiger partial charge in [-0.1, -0.05) is 39.0 Å². The van der Waals surface area contributed by atoms with Crippen LogP contribution >= 0.6 is 0 Å². The van der Waals surface area contributed by atoms with E-state index in [1.807, 2.05) is 0 Å². The molecule has 106 valence electrons. The highest BCUT2D eigenvalue weighted by Gasteiger charge is 2.41. The fourth-order valence-electron chi connectivity index (χ4n) is 3.10. The number of nitrogens with one attached hydrogen (secondary N) is 1. The third-order valence-corrected chi connectivity index (χ3v) is 4.70. The highest BCUT2D eigenvalue weighted by molar-refractivity contribution is 5.34. The Hall–Kier alpha value is -0.820. The van der Waals surface area contributed by atoms with E-state index in [1.165, 1.54) is 30.4 Å². The summed E-state index contributed by atoms with van der Waals surface area (Å²) in [6.07, 6.45) is 4.05. The van der Waals surface area contributed by atoms with Crippen molar-refractivity contribution in [2.75, 3.05) is 6.54 Å². The molecule has 1 aromatic carbocycles. The van der Waals surface area contributed by atoms with Crippen LogP contribution in [0, 0.1) is 25.2 Å². The summed E-state index contributed by atoms with van der Waals surface area (Å²) in [5.41, 5.74) is 4.90. The maximum atomic E-state index is 3.67. The van der Waals surface area contributed by atoms with E-state index >= 15 is 0 Å². The zero-order valence-electron chi connectivity index (χ0n) is 13.2. The van der Waals surface area contributed by atoms with E-state index < -0.39 is 0 Å². The van der Waals surface area contributed by atoms with Crippen molar-refractivity contribution >= 4 is 0 Å². The van der Waals surface area contributed by atoms with Crippen molar-refractivity contribution in [1.82, 2.24) is 5.32 Å². The number of rotatable bonds is 6. The van der Waals surface area contributed by atoms with E-state index in [2.05, 4.69) is 58.1 Å². The number of hydrogen-bond acceptors (Lipinski definition) is 1. The average molecular weight is 259 g/mol. The molecular weight excluding hydrogens is 230 g/mol. The van der Waals surface area contributed by atoms with E-state index in [-0.39, 0.29) is 0 Å². The van der Waals surface area contributed by atoms with Gasteiger partial charge in [-0.3, -0.25) is 0 Å². The van der Waals surface area contributed by atoms with Crippen LogP contribution in [0.15, 0.2) is 18.2 Å². The summed E-state index contributed by atoms with van der Waals surface area (Å²) in [7, 11) is 0. The van der Waals surface area contributed by atoms with Crippen LogP contribution in [0.3, 0.4) is 0 Å². The third-order valence-electron chi connectivity index (χ3n) is 4.70. The molecule has 1 fully saturated rings. The molecule has 1 N–H and O–H groups in total. The SMILES string of the molecule is Cc1cccc(C)c1CC(C)(CNC(C)C)C1CC1. The van der Waals surface area contributed by atoms with Gasteiger partial charge in [-0.05, 0) is 61.1 Å². The Morgan fingerprint density at radius 1 is 1.21 bits per heavy atom. The molecule has 19 heavy (non-hydrogen) atoms. The van der Waals surface area contributed by atoms with Gasteiger partial charge >= 0.3 is 0 Å². The second-order valence-corrected chi connectivity index (χ2v) is 7.01. The lowest BCUT2D eigenvalue weighted by molar-refractivity contribution is 0.247. The molecule has 1 saturated carbocycles. The fourth-order valence-corrected chi connectivity index (χ4v) is 3.10. The van der Waals surface area contributed by atoms with Gasteiger partial charge in [0.25, 0.3) is 0 Å². The standard InChI is InChI=1S/C18H29N/c1-13(2)19-12-18(5,16-9-10-16)11-17-14(3)7-6-8-15(17)4/h6-8,13,16,19H,9-12H2,1-5H3. The molecule has 1 aliphatic rings. The zero-order chi connectivity index (χ0) is 14.0. The van der Waals surface area contributed by atoms with E-state index in [0.29, 0.717) is 11.5 Å². The average Bonchev–Trinajstić information content (AvgIpc) is 3.16. The Morgan fingerprint density at radius 3 is 2.26 bits per heavy atom. The summed E-state index contributed by atoms with van der Waals surface area (Å²) in [5, 5.41) is 3.67. The van der Waals surface area contributed by atoms with Crippen LogP contribution in [0.2, 0.25) is 0 Å². The molecule has 0 amide bonds. The van der Waals surface area contributed by atoms with Crippen molar-refractivity contribution in [3.05, 3.63) is 34.9 Å². The van der Waals surface area contributed by atoms with E-state index in [4.69, 9.17) is 0 Å². The molecule has 1 aliphatic carbocycles. The van der Waals surface area contributed by atoms with Crippen molar-refractivity contribution in [3.63, 3.8) is 0 Å². The van der Waals surface area contributed by atoms with Gasteiger partial charge in [-0.2, -0.15) is 0 Å². The predicted molar refractivity (Wildman–Crippen MR) is 83.6 cm³/mol. The largest absolute Gasteiger partial charge is 0.314 e. The Kier molecular flexibility index (Phi) is 4.35. The van der Waals surface area contributed by atoms with Gasteiger partial charge in [0, 0.05) is 12.6 Å². The lowest BCUT2D eigenvalue weighted by Crippen LogP contribution is -2.39. The van der Waals surface area contributed by atoms with Crippen LogP contribution in [0.1, 0.15) is 50.3 Å². The van der Waals surface area contributed by atoms with E-state index in [1.54, 1.807) is 5.56 Å². The second-order valence-electron chi connectivity index (χ2n) is 7.01. The van der Waals surface area contributed by atoms with Crippen LogP contribution in [-0.4, -0.2) is 12.6 Å². The Balaban J connectivity index is 2.16. The van der Waals surface area contributed by atoms with Crippen LogP contribution in [0.4, 0.5) is 0 Å². The Morgan fingerprint density at radius 2 is 1.79 bits per heavy atom. The molecule has 1 nitrogen and oxygen atoms in total. The predicted octanol–water partition coefficient (Wildman–Crippen LogP) is 4.26. The first-order valence-electron chi connectivity index (χ1n) is 7.71. The molecular formula is C18H29N. The molecule has 1 heteroatoms. The van der Waals surface area contributed by atoms with Crippen LogP contribution in [-0.2, 0) is 6.42 Å². The van der Waals surface area contributed by atoms with Gasteiger partial charge in [-0.25, -0.2) is 0 Å². The molecule has 0 bridgehead atoms. The van der Waals surface area contributed by atoms with Crippen molar-refractivity contribution in [2.45, 2.75) is 59.9 Å². The highest BCUT2D eigenvalue weighted by atomic mass is 14.9. The molecule has 2 rings (SSSR count). The number of aryl methyl sites for hydroxylation is 2. The number of benzene rings is 1. The molecule has 0 aliphatic heterocycles. The first-order valence-corrected chi connectivity index (χ1v) is 7.71. The minimum atomic E-state index is 0.418. The molecule has 1 atom stereocenters. The first-order chi connectivity index (χ1) is 8.92. The quantitative estimate of drug-likeness (QED) is 0.805. The van der Waals surface area contributed by atoms with Gasteiger partial charge in [0.05, 0.1) is 0 Å². The summed E-state index contributed by atoms with van der Waals surface area (Å²) in [6.45, 7) is 12.6. The molecule has 0 aromatic heterocycles. The van der Waals surface area contributed by atoms with Crippen molar-refractivity contribution < 1.29 is 0 Å². The topological polar surface area (TPSA) is 12.0 Å².